The first-order chi connectivity index (χ1) is 11.6. The summed E-state index contributed by atoms with van der Waals surface area (Å²) in [5.41, 5.74) is 2.46. The van der Waals surface area contributed by atoms with Crippen LogP contribution in [0.15, 0.2) is 24.5 Å². The summed E-state index contributed by atoms with van der Waals surface area (Å²) < 4.78 is 5.41. The van der Waals surface area contributed by atoms with E-state index in [-0.39, 0.29) is 0 Å². The third-order valence-corrected chi connectivity index (χ3v) is 5.63. The molecule has 0 N–H and O–H groups in total. The van der Waals surface area contributed by atoms with Crippen molar-refractivity contribution in [1.29, 1.82) is 0 Å². The molecule has 3 rings (SSSR count). The van der Waals surface area contributed by atoms with E-state index in [9.17, 15) is 0 Å². The maximum Gasteiger partial charge on any atom is 0.185 e. The Morgan fingerprint density at radius 3 is 2.88 bits per heavy atom. The number of aryl methyl sites for hydroxylation is 1. The Morgan fingerprint density at radius 1 is 1.33 bits per heavy atom. The van der Waals surface area contributed by atoms with Crippen LogP contribution in [0.4, 0.5) is 5.13 Å². The van der Waals surface area contributed by atoms with Gasteiger partial charge in [0.1, 0.15) is 0 Å². The van der Waals surface area contributed by atoms with Crippen LogP contribution >= 0.6 is 11.3 Å². The molecule has 0 saturated carbocycles. The topological polar surface area (TPSA) is 41.5 Å². The number of anilines is 1. The molecule has 0 unspecified atom stereocenters. The maximum absolute atomic E-state index is 5.41. The number of thiazole rings is 1. The fourth-order valence-corrected chi connectivity index (χ4v) is 3.87. The molecule has 0 aromatic carbocycles. The van der Waals surface area contributed by atoms with Gasteiger partial charge in [0.25, 0.3) is 0 Å². The van der Waals surface area contributed by atoms with E-state index >= 15 is 0 Å². The average molecular weight is 347 g/mol. The van der Waals surface area contributed by atoms with Crippen molar-refractivity contribution in [2.45, 2.75) is 32.9 Å². The van der Waals surface area contributed by atoms with Gasteiger partial charge in [-0.05, 0) is 32.5 Å². The second kappa shape index (κ2) is 8.05. The second-order valence-corrected chi connectivity index (χ2v) is 7.54. The van der Waals surface area contributed by atoms with Gasteiger partial charge in [-0.1, -0.05) is 6.07 Å². The molecular formula is C18H26N4OS. The number of rotatable bonds is 6. The van der Waals surface area contributed by atoms with Crippen molar-refractivity contribution < 1.29 is 4.74 Å². The number of morpholine rings is 1. The van der Waals surface area contributed by atoms with E-state index in [1.165, 1.54) is 16.1 Å². The van der Waals surface area contributed by atoms with Gasteiger partial charge >= 0.3 is 0 Å². The summed E-state index contributed by atoms with van der Waals surface area (Å²) in [5.74, 6) is 0. The van der Waals surface area contributed by atoms with Crippen molar-refractivity contribution in [3.63, 3.8) is 0 Å². The van der Waals surface area contributed by atoms with Gasteiger partial charge in [0.15, 0.2) is 5.13 Å². The molecule has 3 heterocycles. The molecule has 0 radical (unpaired) electrons. The molecule has 0 aliphatic carbocycles. The Morgan fingerprint density at radius 2 is 2.12 bits per heavy atom. The summed E-state index contributed by atoms with van der Waals surface area (Å²) in [5, 5.41) is 1.12. The molecule has 0 amide bonds. The Labute approximate surface area is 148 Å². The highest BCUT2D eigenvalue weighted by molar-refractivity contribution is 7.15. The van der Waals surface area contributed by atoms with Gasteiger partial charge in [-0.15, -0.1) is 11.3 Å². The molecule has 2 aromatic heterocycles. The van der Waals surface area contributed by atoms with E-state index in [0.29, 0.717) is 6.04 Å². The third-order valence-electron chi connectivity index (χ3n) is 4.59. The first kappa shape index (κ1) is 17.3. The molecule has 0 bridgehead atoms. The van der Waals surface area contributed by atoms with Crippen molar-refractivity contribution >= 4 is 16.5 Å². The molecule has 6 heteroatoms. The minimum atomic E-state index is 0.438. The van der Waals surface area contributed by atoms with Crippen LogP contribution in [-0.2, 0) is 17.7 Å². The number of hydrogen-bond acceptors (Lipinski definition) is 6. The molecule has 1 aliphatic rings. The second-order valence-electron chi connectivity index (χ2n) is 6.44. The predicted molar refractivity (Wildman–Crippen MR) is 98.8 cm³/mol. The van der Waals surface area contributed by atoms with Gasteiger partial charge < -0.3 is 9.64 Å². The Bertz CT molecular complexity index is 654. The van der Waals surface area contributed by atoms with Gasteiger partial charge in [-0.25, -0.2) is 4.98 Å². The molecule has 5 nitrogen and oxygen atoms in total. The summed E-state index contributed by atoms with van der Waals surface area (Å²) in [4.78, 5) is 15.1. The maximum atomic E-state index is 5.41. The van der Waals surface area contributed by atoms with Crippen molar-refractivity contribution in [3.05, 3.63) is 40.7 Å². The monoisotopic (exact) mass is 346 g/mol. The van der Waals surface area contributed by atoms with Crippen LogP contribution in [0.2, 0.25) is 0 Å². The van der Waals surface area contributed by atoms with Crippen LogP contribution in [-0.4, -0.2) is 54.3 Å². The summed E-state index contributed by atoms with van der Waals surface area (Å²) in [6.45, 7) is 8.81. The average Bonchev–Trinajstić information content (AvgIpc) is 3.06. The molecule has 24 heavy (non-hydrogen) atoms. The van der Waals surface area contributed by atoms with Crippen molar-refractivity contribution in [1.82, 2.24) is 14.9 Å². The highest BCUT2D eigenvalue weighted by atomic mass is 32.1. The Kier molecular flexibility index (Phi) is 5.81. The quantitative estimate of drug-likeness (QED) is 0.804. The fraction of sp³-hybridized carbons (Fsp3) is 0.556. The molecule has 1 aliphatic heterocycles. The standard InChI is InChI=1S/C18H26N4OS/c1-14-5-4-6-19-17(14)11-15(2)21(3)13-16-12-20-18(24-16)22-7-9-23-10-8-22/h4-6,12,15H,7-11,13H2,1-3H3/t15-/m1/s1. The number of ether oxygens (including phenoxy) is 1. The lowest BCUT2D eigenvalue weighted by Gasteiger charge is -2.26. The zero-order chi connectivity index (χ0) is 16.9. The normalized spacial score (nSPS) is 16.6. The largest absolute Gasteiger partial charge is 0.378 e. The molecule has 0 spiro atoms. The number of likely N-dealkylation sites (N-methyl/N-ethyl adjacent to an activating group) is 1. The number of nitrogens with zero attached hydrogens (tertiary/aromatic N) is 4. The highest BCUT2D eigenvalue weighted by Crippen LogP contribution is 2.24. The summed E-state index contributed by atoms with van der Waals surface area (Å²) in [7, 11) is 2.18. The van der Waals surface area contributed by atoms with Gasteiger partial charge in [-0.3, -0.25) is 9.88 Å². The molecule has 130 valence electrons. The zero-order valence-electron chi connectivity index (χ0n) is 14.7. The minimum Gasteiger partial charge on any atom is -0.378 e. The van der Waals surface area contributed by atoms with Gasteiger partial charge in [-0.2, -0.15) is 0 Å². The molecular weight excluding hydrogens is 320 g/mol. The van der Waals surface area contributed by atoms with Crippen LogP contribution in [0.3, 0.4) is 0 Å². The molecule has 2 aromatic rings. The van der Waals surface area contributed by atoms with Crippen LogP contribution in [0, 0.1) is 6.92 Å². The number of aromatic nitrogens is 2. The highest BCUT2D eigenvalue weighted by Gasteiger charge is 2.17. The van der Waals surface area contributed by atoms with E-state index in [0.717, 1.165) is 44.4 Å². The van der Waals surface area contributed by atoms with E-state index in [4.69, 9.17) is 4.74 Å². The van der Waals surface area contributed by atoms with Crippen molar-refractivity contribution in [2.24, 2.45) is 0 Å². The van der Waals surface area contributed by atoms with E-state index in [1.54, 1.807) is 11.3 Å². The molecule has 1 fully saturated rings. The first-order valence-corrected chi connectivity index (χ1v) is 9.33. The van der Waals surface area contributed by atoms with E-state index < -0.39 is 0 Å². The molecule has 1 atom stereocenters. The lowest BCUT2D eigenvalue weighted by atomic mass is 10.1. The summed E-state index contributed by atoms with van der Waals surface area (Å²) >= 11 is 1.80. The number of pyridine rings is 1. The van der Waals surface area contributed by atoms with Crippen molar-refractivity contribution in [2.75, 3.05) is 38.3 Å². The Balaban J connectivity index is 1.57. The lowest BCUT2D eigenvalue weighted by Crippen LogP contribution is -2.36. The van der Waals surface area contributed by atoms with Gasteiger partial charge in [0, 0.05) is 55.1 Å². The van der Waals surface area contributed by atoms with Gasteiger partial charge in [0.05, 0.1) is 13.2 Å². The van der Waals surface area contributed by atoms with Crippen LogP contribution < -0.4 is 4.90 Å². The molecule has 1 saturated heterocycles. The van der Waals surface area contributed by atoms with Crippen LogP contribution in [0.5, 0.6) is 0 Å². The van der Waals surface area contributed by atoms with Crippen molar-refractivity contribution in [3.8, 4) is 0 Å². The van der Waals surface area contributed by atoms with E-state index in [1.807, 2.05) is 18.5 Å². The number of hydrogen-bond donors (Lipinski definition) is 0. The third kappa shape index (κ3) is 4.32. The first-order valence-electron chi connectivity index (χ1n) is 8.51. The fourth-order valence-electron chi connectivity index (χ4n) is 2.84. The van der Waals surface area contributed by atoms with Crippen LogP contribution in [0.1, 0.15) is 23.1 Å². The zero-order valence-corrected chi connectivity index (χ0v) is 15.6. The smallest absolute Gasteiger partial charge is 0.185 e. The summed E-state index contributed by atoms with van der Waals surface area (Å²) in [6, 6.07) is 4.57. The van der Waals surface area contributed by atoms with Crippen LogP contribution in [0.25, 0.3) is 0 Å². The predicted octanol–water partition coefficient (Wildman–Crippen LogP) is 2.75. The van der Waals surface area contributed by atoms with Gasteiger partial charge in [0.2, 0.25) is 0 Å². The summed E-state index contributed by atoms with van der Waals surface area (Å²) in [6.07, 6.45) is 4.87. The lowest BCUT2D eigenvalue weighted by molar-refractivity contribution is 0.122. The Hall–Kier alpha value is -1.50. The van der Waals surface area contributed by atoms with E-state index in [2.05, 4.69) is 46.7 Å². The SMILES string of the molecule is Cc1cccnc1C[C@@H](C)N(C)Cc1cnc(N2CCOCC2)s1. The minimum absolute atomic E-state index is 0.438.